The molecule has 0 aromatic carbocycles. The number of carbonyl (C=O) groups excluding carboxylic acids is 2. The minimum Gasteiger partial charge on any atom is -0.293 e. The Morgan fingerprint density at radius 2 is 1.07 bits per heavy atom. The van der Waals surface area contributed by atoms with Gasteiger partial charge in [-0.3, -0.25) is 9.59 Å². The summed E-state index contributed by atoms with van der Waals surface area (Å²) in [6.07, 6.45) is 12.7. The van der Waals surface area contributed by atoms with Crippen LogP contribution in [0.2, 0.25) is 0 Å². The molecule has 28 heavy (non-hydrogen) atoms. The predicted molar refractivity (Wildman–Crippen MR) is 122 cm³/mol. The lowest BCUT2D eigenvalue weighted by atomic mass is 10.1. The van der Waals surface area contributed by atoms with Gasteiger partial charge in [-0.15, -0.1) is 22.7 Å². The Bertz CT molecular complexity index is 664. The van der Waals surface area contributed by atoms with E-state index in [4.69, 9.17) is 0 Å². The average Bonchev–Trinajstić information content (AvgIpc) is 3.36. The summed E-state index contributed by atoms with van der Waals surface area (Å²) < 4.78 is 0. The summed E-state index contributed by atoms with van der Waals surface area (Å²) >= 11 is 3.21. The highest BCUT2D eigenvalue weighted by molar-refractivity contribution is 7.14. The summed E-state index contributed by atoms with van der Waals surface area (Å²) in [6.45, 7) is 4.43. The van der Waals surface area contributed by atoms with Crippen molar-refractivity contribution in [3.63, 3.8) is 0 Å². The SMILES string of the molecule is CCCCCCc1ccc(C(=O)CCC(=O)c2ccc(CCCCCC)s2)s1. The lowest BCUT2D eigenvalue weighted by Crippen LogP contribution is -2.02. The Kier molecular flexibility index (Phi) is 10.7. The van der Waals surface area contributed by atoms with Crippen LogP contribution in [0.25, 0.3) is 0 Å². The first-order valence-corrected chi connectivity index (χ1v) is 12.5. The fraction of sp³-hybridized carbons (Fsp3) is 0.583. The van der Waals surface area contributed by atoms with Crippen molar-refractivity contribution in [2.24, 2.45) is 0 Å². The Balaban J connectivity index is 1.74. The van der Waals surface area contributed by atoms with Gasteiger partial charge in [0.05, 0.1) is 9.75 Å². The van der Waals surface area contributed by atoms with Gasteiger partial charge < -0.3 is 0 Å². The van der Waals surface area contributed by atoms with Crippen LogP contribution in [0.5, 0.6) is 0 Å². The molecule has 0 saturated carbocycles. The van der Waals surface area contributed by atoms with E-state index >= 15 is 0 Å². The third-order valence-electron chi connectivity index (χ3n) is 5.01. The molecule has 0 spiro atoms. The molecule has 0 aliphatic heterocycles. The molecular weight excluding hydrogens is 384 g/mol. The Morgan fingerprint density at radius 3 is 1.46 bits per heavy atom. The minimum atomic E-state index is 0.106. The Labute approximate surface area is 178 Å². The first-order valence-electron chi connectivity index (χ1n) is 10.9. The fourth-order valence-electron chi connectivity index (χ4n) is 3.25. The van der Waals surface area contributed by atoms with Gasteiger partial charge in [-0.05, 0) is 49.9 Å². The lowest BCUT2D eigenvalue weighted by Gasteiger charge is -1.99. The van der Waals surface area contributed by atoms with Crippen molar-refractivity contribution in [3.8, 4) is 0 Å². The van der Waals surface area contributed by atoms with Crippen LogP contribution in [0.15, 0.2) is 24.3 Å². The van der Waals surface area contributed by atoms with Crippen molar-refractivity contribution in [3.05, 3.63) is 43.8 Å². The third-order valence-corrected chi connectivity index (χ3v) is 7.38. The molecule has 2 heterocycles. The second-order valence-corrected chi connectivity index (χ2v) is 9.84. The van der Waals surface area contributed by atoms with Gasteiger partial charge in [0.1, 0.15) is 0 Å². The van der Waals surface area contributed by atoms with E-state index in [1.807, 2.05) is 12.1 Å². The second kappa shape index (κ2) is 13.1. The zero-order valence-corrected chi connectivity index (χ0v) is 19.1. The van der Waals surface area contributed by atoms with E-state index in [9.17, 15) is 9.59 Å². The molecule has 2 nitrogen and oxygen atoms in total. The van der Waals surface area contributed by atoms with Crippen LogP contribution >= 0.6 is 22.7 Å². The highest BCUT2D eigenvalue weighted by Gasteiger charge is 2.14. The molecule has 0 aliphatic rings. The summed E-state index contributed by atoms with van der Waals surface area (Å²) in [7, 11) is 0. The van der Waals surface area contributed by atoms with Gasteiger partial charge in [0.25, 0.3) is 0 Å². The van der Waals surface area contributed by atoms with E-state index in [1.54, 1.807) is 22.7 Å². The first kappa shape index (κ1) is 23.0. The van der Waals surface area contributed by atoms with Crippen LogP contribution in [0.1, 0.15) is 107 Å². The van der Waals surface area contributed by atoms with Crippen LogP contribution in [-0.4, -0.2) is 11.6 Å². The molecule has 0 fully saturated rings. The largest absolute Gasteiger partial charge is 0.293 e. The number of rotatable bonds is 15. The summed E-state index contributed by atoms with van der Waals surface area (Å²) in [5.41, 5.74) is 0. The van der Waals surface area contributed by atoms with Crippen molar-refractivity contribution in [1.82, 2.24) is 0 Å². The van der Waals surface area contributed by atoms with Crippen LogP contribution in [-0.2, 0) is 12.8 Å². The van der Waals surface area contributed by atoms with Crippen molar-refractivity contribution in [2.45, 2.75) is 90.9 Å². The molecule has 2 aromatic heterocycles. The zero-order chi connectivity index (χ0) is 20.2. The second-order valence-electron chi connectivity index (χ2n) is 7.50. The molecule has 0 radical (unpaired) electrons. The molecule has 0 amide bonds. The van der Waals surface area contributed by atoms with Gasteiger partial charge in [0.15, 0.2) is 11.6 Å². The van der Waals surface area contributed by atoms with E-state index < -0.39 is 0 Å². The van der Waals surface area contributed by atoms with Gasteiger partial charge in [0, 0.05) is 22.6 Å². The number of unbranched alkanes of at least 4 members (excludes halogenated alkanes) is 6. The van der Waals surface area contributed by atoms with E-state index in [0.29, 0.717) is 12.8 Å². The van der Waals surface area contributed by atoms with Gasteiger partial charge in [-0.1, -0.05) is 52.4 Å². The number of aryl methyl sites for hydroxylation is 2. The Morgan fingerprint density at radius 1 is 0.643 bits per heavy atom. The average molecular weight is 419 g/mol. The summed E-state index contributed by atoms with van der Waals surface area (Å²) in [6, 6.07) is 8.03. The van der Waals surface area contributed by atoms with E-state index in [1.165, 1.54) is 61.1 Å². The quantitative estimate of drug-likeness (QED) is 0.217. The fourth-order valence-corrected chi connectivity index (χ4v) is 5.28. The number of carbonyl (C=O) groups is 2. The monoisotopic (exact) mass is 418 g/mol. The summed E-state index contributed by atoms with van der Waals surface area (Å²) in [5.74, 6) is 0.212. The summed E-state index contributed by atoms with van der Waals surface area (Å²) in [4.78, 5) is 29.1. The first-order chi connectivity index (χ1) is 13.6. The zero-order valence-electron chi connectivity index (χ0n) is 17.4. The van der Waals surface area contributed by atoms with Crippen LogP contribution in [0, 0.1) is 0 Å². The maximum atomic E-state index is 12.4. The molecule has 0 saturated heterocycles. The van der Waals surface area contributed by atoms with Gasteiger partial charge in [-0.25, -0.2) is 0 Å². The molecule has 0 aliphatic carbocycles. The number of hydrogen-bond acceptors (Lipinski definition) is 4. The minimum absolute atomic E-state index is 0.106. The molecule has 0 atom stereocenters. The predicted octanol–water partition coefficient (Wildman–Crippen LogP) is 7.90. The number of hydrogen-bond donors (Lipinski definition) is 0. The van der Waals surface area contributed by atoms with Gasteiger partial charge in [0.2, 0.25) is 0 Å². The molecule has 2 rings (SSSR count). The highest BCUT2D eigenvalue weighted by atomic mass is 32.1. The van der Waals surface area contributed by atoms with E-state index in [2.05, 4.69) is 26.0 Å². The smallest absolute Gasteiger partial charge is 0.173 e. The topological polar surface area (TPSA) is 34.1 Å². The number of Topliss-reactive ketones (excluding diaryl/α,β-unsaturated/α-hetero) is 2. The maximum absolute atomic E-state index is 12.4. The summed E-state index contributed by atoms with van der Waals surface area (Å²) in [5, 5.41) is 0. The van der Waals surface area contributed by atoms with Gasteiger partial charge in [-0.2, -0.15) is 0 Å². The normalized spacial score (nSPS) is 11.1. The number of ketones is 2. The van der Waals surface area contributed by atoms with Crippen molar-refractivity contribution >= 4 is 34.2 Å². The van der Waals surface area contributed by atoms with Crippen molar-refractivity contribution in [1.29, 1.82) is 0 Å². The van der Waals surface area contributed by atoms with Crippen LogP contribution in [0.3, 0.4) is 0 Å². The van der Waals surface area contributed by atoms with Gasteiger partial charge >= 0.3 is 0 Å². The molecule has 154 valence electrons. The molecule has 2 aromatic rings. The van der Waals surface area contributed by atoms with Crippen molar-refractivity contribution in [2.75, 3.05) is 0 Å². The van der Waals surface area contributed by atoms with E-state index in [0.717, 1.165) is 22.6 Å². The van der Waals surface area contributed by atoms with E-state index in [-0.39, 0.29) is 11.6 Å². The lowest BCUT2D eigenvalue weighted by molar-refractivity contribution is 0.0921. The number of thiophene rings is 2. The molecule has 0 N–H and O–H groups in total. The highest BCUT2D eigenvalue weighted by Crippen LogP contribution is 2.24. The molecule has 0 unspecified atom stereocenters. The maximum Gasteiger partial charge on any atom is 0.173 e. The molecule has 4 heteroatoms. The Hall–Kier alpha value is -1.26. The van der Waals surface area contributed by atoms with Crippen LogP contribution < -0.4 is 0 Å². The third kappa shape index (κ3) is 8.00. The molecular formula is C24H34O2S2. The van der Waals surface area contributed by atoms with Crippen molar-refractivity contribution < 1.29 is 9.59 Å². The standard InChI is InChI=1S/C24H34O2S2/c1-3-5-7-9-11-19-13-17-23(27-19)21(25)15-16-22(26)24-18-14-20(28-24)12-10-8-6-4-2/h13-14,17-18H,3-12,15-16H2,1-2H3. The van der Waals surface area contributed by atoms with Crippen LogP contribution in [0.4, 0.5) is 0 Å². The molecule has 0 bridgehead atoms.